The molecule has 0 fully saturated rings. The summed E-state index contributed by atoms with van der Waals surface area (Å²) in [6.45, 7) is 3.61. The molecule has 4 nitrogen and oxygen atoms in total. The Kier molecular flexibility index (Phi) is 5.88. The highest BCUT2D eigenvalue weighted by molar-refractivity contribution is 6.32. The van der Waals surface area contributed by atoms with Crippen LogP contribution in [0.3, 0.4) is 0 Å². The lowest BCUT2D eigenvalue weighted by Gasteiger charge is -2.19. The average molecular weight is 334 g/mol. The quantitative estimate of drug-likeness (QED) is 0.869. The van der Waals surface area contributed by atoms with E-state index in [4.69, 9.17) is 21.1 Å². The number of hydrogen-bond donors (Lipinski definition) is 1. The molecule has 0 bridgehead atoms. The summed E-state index contributed by atoms with van der Waals surface area (Å²) in [6, 6.07) is 14.5. The van der Waals surface area contributed by atoms with Gasteiger partial charge in [-0.2, -0.15) is 0 Å². The molecule has 1 N–H and O–H groups in total. The first-order chi connectivity index (χ1) is 11.0. The van der Waals surface area contributed by atoms with Crippen molar-refractivity contribution in [3.8, 4) is 11.5 Å². The zero-order valence-electron chi connectivity index (χ0n) is 13.4. The van der Waals surface area contributed by atoms with Gasteiger partial charge in [0.25, 0.3) is 5.91 Å². The number of carbonyl (C=O) groups is 1. The number of para-hydroxylation sites is 1. The van der Waals surface area contributed by atoms with Crippen molar-refractivity contribution in [2.75, 3.05) is 7.11 Å². The van der Waals surface area contributed by atoms with Crippen LogP contribution in [0, 0.1) is 0 Å². The zero-order valence-corrected chi connectivity index (χ0v) is 14.1. The van der Waals surface area contributed by atoms with Crippen molar-refractivity contribution >= 4 is 17.5 Å². The summed E-state index contributed by atoms with van der Waals surface area (Å²) in [7, 11) is 1.62. The second-order valence-electron chi connectivity index (χ2n) is 5.19. The lowest BCUT2D eigenvalue weighted by molar-refractivity contribution is -0.127. The second-order valence-corrected chi connectivity index (χ2v) is 5.60. The van der Waals surface area contributed by atoms with Gasteiger partial charge >= 0.3 is 0 Å². The fraction of sp³-hybridized carbons (Fsp3) is 0.278. The van der Waals surface area contributed by atoms with Crippen LogP contribution in [0.15, 0.2) is 48.5 Å². The number of benzene rings is 2. The molecule has 0 unspecified atom stereocenters. The molecule has 0 spiro atoms. The molecule has 2 aromatic carbocycles. The molecule has 1 amide bonds. The summed E-state index contributed by atoms with van der Waals surface area (Å²) in [5, 5.41) is 3.41. The van der Waals surface area contributed by atoms with Crippen LogP contribution in [0.2, 0.25) is 5.02 Å². The maximum atomic E-state index is 12.3. The summed E-state index contributed by atoms with van der Waals surface area (Å²) >= 11 is 6.03. The first-order valence-corrected chi connectivity index (χ1v) is 7.74. The summed E-state index contributed by atoms with van der Waals surface area (Å²) < 4.78 is 10.7. The number of ether oxygens (including phenoxy) is 2. The average Bonchev–Trinajstić information content (AvgIpc) is 2.56. The third kappa shape index (κ3) is 4.63. The standard InChI is InChI=1S/C18H20ClNO3/c1-12(14-8-10-15(22-3)11-9-14)20-18(21)13(2)23-17-7-5-4-6-16(17)19/h4-13H,1-3H3,(H,20,21)/t12-,13-/m0/s1. The molecule has 2 atom stereocenters. The monoisotopic (exact) mass is 333 g/mol. The van der Waals surface area contributed by atoms with Gasteiger partial charge in [0, 0.05) is 0 Å². The van der Waals surface area contributed by atoms with Crippen molar-refractivity contribution in [2.45, 2.75) is 26.0 Å². The van der Waals surface area contributed by atoms with E-state index in [1.54, 1.807) is 26.2 Å². The Morgan fingerprint density at radius 3 is 2.35 bits per heavy atom. The van der Waals surface area contributed by atoms with E-state index in [2.05, 4.69) is 5.32 Å². The van der Waals surface area contributed by atoms with Crippen molar-refractivity contribution < 1.29 is 14.3 Å². The highest BCUT2D eigenvalue weighted by Crippen LogP contribution is 2.24. The van der Waals surface area contributed by atoms with Gasteiger partial charge < -0.3 is 14.8 Å². The van der Waals surface area contributed by atoms with Gasteiger partial charge in [-0.25, -0.2) is 0 Å². The fourth-order valence-corrected chi connectivity index (χ4v) is 2.27. The summed E-state index contributed by atoms with van der Waals surface area (Å²) in [4.78, 5) is 12.3. The minimum absolute atomic E-state index is 0.134. The van der Waals surface area contributed by atoms with Crippen molar-refractivity contribution in [2.24, 2.45) is 0 Å². The van der Waals surface area contributed by atoms with Crippen LogP contribution in [0.25, 0.3) is 0 Å². The molecule has 0 saturated carbocycles. The van der Waals surface area contributed by atoms with Crippen LogP contribution in [-0.4, -0.2) is 19.1 Å². The van der Waals surface area contributed by atoms with E-state index in [0.29, 0.717) is 10.8 Å². The Morgan fingerprint density at radius 2 is 1.74 bits per heavy atom. The SMILES string of the molecule is COc1ccc([C@H](C)NC(=O)[C@H](C)Oc2ccccc2Cl)cc1. The van der Waals surface area contributed by atoms with Crippen molar-refractivity contribution in [3.63, 3.8) is 0 Å². The van der Waals surface area contributed by atoms with E-state index in [-0.39, 0.29) is 11.9 Å². The molecule has 5 heteroatoms. The maximum absolute atomic E-state index is 12.3. The molecule has 2 rings (SSSR count). The highest BCUT2D eigenvalue weighted by Gasteiger charge is 2.18. The third-order valence-corrected chi connectivity index (χ3v) is 3.80. The van der Waals surface area contributed by atoms with Crippen molar-refractivity contribution in [3.05, 3.63) is 59.1 Å². The molecule has 23 heavy (non-hydrogen) atoms. The van der Waals surface area contributed by atoms with Crippen molar-refractivity contribution in [1.82, 2.24) is 5.32 Å². The largest absolute Gasteiger partial charge is 0.497 e. The number of carbonyl (C=O) groups excluding carboxylic acids is 1. The van der Waals surface area contributed by atoms with Gasteiger partial charge in [0.05, 0.1) is 18.2 Å². The van der Waals surface area contributed by atoms with E-state index < -0.39 is 6.10 Å². The minimum atomic E-state index is -0.643. The molecular weight excluding hydrogens is 314 g/mol. The van der Waals surface area contributed by atoms with Gasteiger partial charge in [0.2, 0.25) is 0 Å². The highest BCUT2D eigenvalue weighted by atomic mass is 35.5. The van der Waals surface area contributed by atoms with E-state index in [9.17, 15) is 4.79 Å². The summed E-state index contributed by atoms with van der Waals surface area (Å²) in [6.07, 6.45) is -0.643. The van der Waals surface area contributed by atoms with Gasteiger partial charge in [-0.15, -0.1) is 0 Å². The third-order valence-electron chi connectivity index (χ3n) is 3.48. The Labute approximate surface area is 141 Å². The van der Waals surface area contributed by atoms with Gasteiger partial charge in [-0.1, -0.05) is 35.9 Å². The predicted octanol–water partition coefficient (Wildman–Crippen LogP) is 3.99. The molecule has 0 saturated heterocycles. The molecule has 0 aliphatic rings. The molecule has 0 aromatic heterocycles. The number of hydrogen-bond acceptors (Lipinski definition) is 3. The Morgan fingerprint density at radius 1 is 1.09 bits per heavy atom. The first-order valence-electron chi connectivity index (χ1n) is 7.36. The minimum Gasteiger partial charge on any atom is -0.497 e. The molecule has 0 aliphatic heterocycles. The van der Waals surface area contributed by atoms with Gasteiger partial charge in [0.15, 0.2) is 6.10 Å². The first kappa shape index (κ1) is 17.2. The summed E-state index contributed by atoms with van der Waals surface area (Å²) in [5.41, 5.74) is 0.990. The van der Waals surface area contributed by atoms with Crippen LogP contribution < -0.4 is 14.8 Å². The van der Waals surface area contributed by atoms with Crippen LogP contribution >= 0.6 is 11.6 Å². The number of halogens is 1. The molecule has 2 aromatic rings. The van der Waals surface area contributed by atoms with Crippen LogP contribution in [0.5, 0.6) is 11.5 Å². The lowest BCUT2D eigenvalue weighted by atomic mass is 10.1. The van der Waals surface area contributed by atoms with Gasteiger partial charge in [0.1, 0.15) is 11.5 Å². The molecular formula is C18H20ClNO3. The number of rotatable bonds is 6. The zero-order chi connectivity index (χ0) is 16.8. The van der Waals surface area contributed by atoms with E-state index in [1.807, 2.05) is 43.3 Å². The number of methoxy groups -OCH3 is 1. The molecule has 0 heterocycles. The van der Waals surface area contributed by atoms with Crippen molar-refractivity contribution in [1.29, 1.82) is 0 Å². The van der Waals surface area contributed by atoms with E-state index in [0.717, 1.165) is 11.3 Å². The van der Waals surface area contributed by atoms with Crippen LogP contribution in [-0.2, 0) is 4.79 Å². The Hall–Kier alpha value is -2.20. The molecule has 0 aliphatic carbocycles. The van der Waals surface area contributed by atoms with Gasteiger partial charge in [-0.05, 0) is 43.7 Å². The van der Waals surface area contributed by atoms with Crippen LogP contribution in [0.1, 0.15) is 25.5 Å². The smallest absolute Gasteiger partial charge is 0.261 e. The molecule has 0 radical (unpaired) electrons. The number of nitrogens with one attached hydrogen (secondary N) is 1. The number of amides is 1. The Bertz CT molecular complexity index is 658. The Balaban J connectivity index is 1.95. The maximum Gasteiger partial charge on any atom is 0.261 e. The second kappa shape index (κ2) is 7.88. The van der Waals surface area contributed by atoms with Gasteiger partial charge in [-0.3, -0.25) is 4.79 Å². The van der Waals surface area contributed by atoms with Crippen LogP contribution in [0.4, 0.5) is 0 Å². The lowest BCUT2D eigenvalue weighted by Crippen LogP contribution is -2.37. The van der Waals surface area contributed by atoms with E-state index >= 15 is 0 Å². The normalized spacial score (nSPS) is 13.0. The predicted molar refractivity (Wildman–Crippen MR) is 91.1 cm³/mol. The topological polar surface area (TPSA) is 47.6 Å². The summed E-state index contributed by atoms with van der Waals surface area (Å²) in [5.74, 6) is 1.07. The fourth-order valence-electron chi connectivity index (χ4n) is 2.09. The molecule has 122 valence electrons. The van der Waals surface area contributed by atoms with E-state index in [1.165, 1.54) is 0 Å².